The molecule has 176 valence electrons. The molecule has 4 rings (SSSR count). The number of benzene rings is 2. The highest BCUT2D eigenvalue weighted by molar-refractivity contribution is 7.99. The van der Waals surface area contributed by atoms with Crippen LogP contribution in [0.25, 0.3) is 11.3 Å². The summed E-state index contributed by atoms with van der Waals surface area (Å²) in [6.45, 7) is 4.51. The number of piperazine rings is 1. The van der Waals surface area contributed by atoms with Crippen LogP contribution >= 0.6 is 11.8 Å². The molecule has 1 aliphatic heterocycles. The van der Waals surface area contributed by atoms with Gasteiger partial charge >= 0.3 is 0 Å². The highest BCUT2D eigenvalue weighted by Crippen LogP contribution is 2.22. The first-order chi connectivity index (χ1) is 16.5. The number of halogens is 1. The van der Waals surface area contributed by atoms with Gasteiger partial charge in [-0.15, -0.1) is 0 Å². The van der Waals surface area contributed by atoms with Gasteiger partial charge in [0, 0.05) is 43.1 Å². The molecule has 0 saturated carbocycles. The van der Waals surface area contributed by atoms with Crippen molar-refractivity contribution in [2.45, 2.75) is 12.1 Å². The Labute approximate surface area is 202 Å². The molecule has 0 spiro atoms. The summed E-state index contributed by atoms with van der Waals surface area (Å²) in [4.78, 5) is 37.9. The normalized spacial score (nSPS) is 14.1. The molecule has 34 heavy (non-hydrogen) atoms. The summed E-state index contributed by atoms with van der Waals surface area (Å²) >= 11 is 1.34. The van der Waals surface area contributed by atoms with Crippen molar-refractivity contribution in [3.05, 3.63) is 72.2 Å². The van der Waals surface area contributed by atoms with Crippen molar-refractivity contribution in [3.8, 4) is 11.3 Å². The number of carbonyl (C=O) groups excluding carboxylic acids is 2. The number of carbonyl (C=O) groups is 2. The number of amides is 2. The van der Waals surface area contributed by atoms with Gasteiger partial charge in [0.05, 0.1) is 18.0 Å². The molecule has 1 N–H and O–H groups in total. The Hall–Kier alpha value is -3.30. The van der Waals surface area contributed by atoms with E-state index in [1.165, 1.54) is 36.0 Å². The lowest BCUT2D eigenvalue weighted by Gasteiger charge is -2.34. The molecule has 3 aromatic rings. The molecule has 2 aromatic carbocycles. The molecule has 1 fully saturated rings. The van der Waals surface area contributed by atoms with Crippen LogP contribution in [0.15, 0.2) is 65.8 Å². The van der Waals surface area contributed by atoms with E-state index in [4.69, 9.17) is 0 Å². The van der Waals surface area contributed by atoms with Gasteiger partial charge in [0.1, 0.15) is 5.82 Å². The van der Waals surface area contributed by atoms with E-state index in [1.54, 1.807) is 0 Å². The van der Waals surface area contributed by atoms with E-state index in [2.05, 4.69) is 15.3 Å². The van der Waals surface area contributed by atoms with E-state index < -0.39 is 0 Å². The fraction of sp³-hybridized carbons (Fsp3) is 0.280. The number of hydrogen-bond donors (Lipinski definition) is 1. The number of rotatable bonds is 7. The Balaban J connectivity index is 1.24. The van der Waals surface area contributed by atoms with Crippen LogP contribution in [-0.4, -0.2) is 70.1 Å². The minimum atomic E-state index is -0.345. The Morgan fingerprint density at radius 1 is 1.00 bits per heavy atom. The molecule has 7 nitrogen and oxygen atoms in total. The lowest BCUT2D eigenvalue weighted by Crippen LogP contribution is -2.50. The number of anilines is 1. The van der Waals surface area contributed by atoms with E-state index in [1.807, 2.05) is 53.1 Å². The van der Waals surface area contributed by atoms with Gasteiger partial charge < -0.3 is 10.2 Å². The van der Waals surface area contributed by atoms with Crippen LogP contribution in [0.4, 0.5) is 10.1 Å². The summed E-state index contributed by atoms with van der Waals surface area (Å²) in [5.41, 5.74) is 3.28. The van der Waals surface area contributed by atoms with Crippen LogP contribution in [-0.2, 0) is 9.59 Å². The second kappa shape index (κ2) is 11.2. The Morgan fingerprint density at radius 3 is 2.41 bits per heavy atom. The van der Waals surface area contributed by atoms with Crippen LogP contribution < -0.4 is 5.32 Å². The zero-order chi connectivity index (χ0) is 23.9. The third-order valence-electron chi connectivity index (χ3n) is 5.45. The quantitative estimate of drug-likeness (QED) is 0.413. The van der Waals surface area contributed by atoms with Crippen LogP contribution in [0.1, 0.15) is 5.69 Å². The van der Waals surface area contributed by atoms with Crippen molar-refractivity contribution >= 4 is 29.3 Å². The third-order valence-corrected chi connectivity index (χ3v) is 6.28. The molecule has 0 aliphatic carbocycles. The highest BCUT2D eigenvalue weighted by atomic mass is 32.2. The molecule has 0 unspecified atom stereocenters. The van der Waals surface area contributed by atoms with E-state index in [0.717, 1.165) is 17.0 Å². The summed E-state index contributed by atoms with van der Waals surface area (Å²) in [6.07, 6.45) is 0. The van der Waals surface area contributed by atoms with Crippen molar-refractivity contribution < 1.29 is 14.0 Å². The summed E-state index contributed by atoms with van der Waals surface area (Å²) in [5, 5.41) is 3.35. The number of hydrogen-bond acceptors (Lipinski definition) is 6. The number of aryl methyl sites for hydroxylation is 1. The van der Waals surface area contributed by atoms with Gasteiger partial charge in [-0.1, -0.05) is 42.1 Å². The number of thioether (sulfide) groups is 1. The molecule has 0 radical (unpaired) electrons. The second-order valence-electron chi connectivity index (χ2n) is 8.04. The van der Waals surface area contributed by atoms with Crippen molar-refractivity contribution in [2.75, 3.05) is 43.8 Å². The minimum Gasteiger partial charge on any atom is -0.339 e. The SMILES string of the molecule is Cc1cc(-c2ccccc2)nc(SCC(=O)N2CCN(CC(=O)Nc3ccc(F)cc3)CC2)n1. The number of aromatic nitrogens is 2. The lowest BCUT2D eigenvalue weighted by molar-refractivity contribution is -0.130. The van der Waals surface area contributed by atoms with Gasteiger partial charge in [0.2, 0.25) is 11.8 Å². The lowest BCUT2D eigenvalue weighted by atomic mass is 10.1. The largest absolute Gasteiger partial charge is 0.339 e. The standard InChI is InChI=1S/C25H26FN5O2S/c1-18-15-22(19-5-3-2-4-6-19)29-25(27-18)34-17-24(33)31-13-11-30(12-14-31)16-23(32)28-21-9-7-20(26)8-10-21/h2-10,15H,11-14,16-17H2,1H3,(H,28,32). The van der Waals surface area contributed by atoms with E-state index in [9.17, 15) is 14.0 Å². The first-order valence-corrected chi connectivity index (χ1v) is 12.0. The smallest absolute Gasteiger partial charge is 0.238 e. The third kappa shape index (κ3) is 6.61. The molecule has 1 aromatic heterocycles. The predicted octanol–water partition coefficient (Wildman–Crippen LogP) is 3.47. The van der Waals surface area contributed by atoms with E-state index >= 15 is 0 Å². The van der Waals surface area contributed by atoms with Crippen molar-refractivity contribution in [1.29, 1.82) is 0 Å². The summed E-state index contributed by atoms with van der Waals surface area (Å²) in [5.74, 6) is -0.204. The van der Waals surface area contributed by atoms with Crippen molar-refractivity contribution in [1.82, 2.24) is 19.8 Å². The van der Waals surface area contributed by atoms with Gasteiger partial charge in [-0.25, -0.2) is 14.4 Å². The first-order valence-electron chi connectivity index (χ1n) is 11.1. The number of nitrogens with one attached hydrogen (secondary N) is 1. The molecule has 2 heterocycles. The first kappa shape index (κ1) is 23.8. The van der Waals surface area contributed by atoms with Crippen LogP contribution in [0.2, 0.25) is 0 Å². The maximum Gasteiger partial charge on any atom is 0.238 e. The van der Waals surface area contributed by atoms with Crippen LogP contribution in [0.5, 0.6) is 0 Å². The van der Waals surface area contributed by atoms with Crippen molar-refractivity contribution in [3.63, 3.8) is 0 Å². The zero-order valence-electron chi connectivity index (χ0n) is 18.9. The molecule has 0 atom stereocenters. The summed E-state index contributed by atoms with van der Waals surface area (Å²) in [6, 6.07) is 17.5. The van der Waals surface area contributed by atoms with E-state index in [-0.39, 0.29) is 29.9 Å². The van der Waals surface area contributed by atoms with Gasteiger partial charge in [-0.3, -0.25) is 14.5 Å². The topological polar surface area (TPSA) is 78.4 Å². The minimum absolute atomic E-state index is 0.0341. The van der Waals surface area contributed by atoms with Crippen molar-refractivity contribution in [2.24, 2.45) is 0 Å². The van der Waals surface area contributed by atoms with Crippen LogP contribution in [0.3, 0.4) is 0 Å². The van der Waals surface area contributed by atoms with Gasteiger partial charge in [0.25, 0.3) is 0 Å². The Bertz CT molecular complexity index is 1140. The average Bonchev–Trinajstić information content (AvgIpc) is 2.84. The van der Waals surface area contributed by atoms with Gasteiger partial charge in [-0.2, -0.15) is 0 Å². The molecular weight excluding hydrogens is 453 g/mol. The average molecular weight is 480 g/mol. The zero-order valence-corrected chi connectivity index (χ0v) is 19.7. The monoisotopic (exact) mass is 479 g/mol. The van der Waals surface area contributed by atoms with Crippen LogP contribution in [0, 0.1) is 12.7 Å². The molecular formula is C25H26FN5O2S. The molecule has 0 bridgehead atoms. The fourth-order valence-electron chi connectivity index (χ4n) is 3.67. The second-order valence-corrected chi connectivity index (χ2v) is 8.99. The predicted molar refractivity (Wildman–Crippen MR) is 131 cm³/mol. The molecule has 9 heteroatoms. The van der Waals surface area contributed by atoms with E-state index in [0.29, 0.717) is 37.0 Å². The maximum atomic E-state index is 13.0. The number of nitrogens with zero attached hydrogens (tertiary/aromatic N) is 4. The highest BCUT2D eigenvalue weighted by Gasteiger charge is 2.23. The fourth-order valence-corrected chi connectivity index (χ4v) is 4.48. The Morgan fingerprint density at radius 2 is 1.71 bits per heavy atom. The maximum absolute atomic E-state index is 13.0. The summed E-state index contributed by atoms with van der Waals surface area (Å²) < 4.78 is 13.0. The Kier molecular flexibility index (Phi) is 7.87. The van der Waals surface area contributed by atoms with Gasteiger partial charge in [0.15, 0.2) is 5.16 Å². The van der Waals surface area contributed by atoms with Gasteiger partial charge in [-0.05, 0) is 37.3 Å². The molecule has 2 amide bonds. The molecule has 1 aliphatic rings. The summed E-state index contributed by atoms with van der Waals surface area (Å²) in [7, 11) is 0. The molecule has 1 saturated heterocycles.